The molecular weight excluding hydrogens is 224 g/mol. The molecule has 2 N–H and O–H groups in total. The predicted molar refractivity (Wildman–Crippen MR) is 71.0 cm³/mol. The molecule has 2 aliphatic heterocycles. The first-order valence-electron chi connectivity index (χ1n) is 7.05. The van der Waals surface area contributed by atoms with E-state index < -0.39 is 0 Å². The quantitative estimate of drug-likeness (QED) is 0.810. The molecule has 4 rings (SSSR count). The van der Waals surface area contributed by atoms with Gasteiger partial charge >= 0.3 is 0 Å². The van der Waals surface area contributed by atoms with E-state index in [2.05, 4.69) is 17.0 Å². The number of ether oxygens (including phenoxy) is 1. The summed E-state index contributed by atoms with van der Waals surface area (Å²) in [6.45, 7) is 3.00. The molecule has 0 radical (unpaired) electrons. The highest BCUT2D eigenvalue weighted by Gasteiger charge is 2.44. The monoisotopic (exact) mass is 244 g/mol. The number of nitrogens with two attached hydrogens (primary N) is 1. The second-order valence-electron chi connectivity index (χ2n) is 5.92. The minimum absolute atomic E-state index is 0.487. The molecular formula is C15H20N2O. The third kappa shape index (κ3) is 1.65. The Kier molecular flexibility index (Phi) is 2.39. The van der Waals surface area contributed by atoms with Crippen molar-refractivity contribution in [2.75, 3.05) is 12.3 Å². The first-order valence-corrected chi connectivity index (χ1v) is 7.05. The van der Waals surface area contributed by atoms with E-state index in [1.165, 1.54) is 30.4 Å². The van der Waals surface area contributed by atoms with Gasteiger partial charge in [0.15, 0.2) is 0 Å². The molecule has 2 heterocycles. The van der Waals surface area contributed by atoms with Crippen molar-refractivity contribution in [3.63, 3.8) is 0 Å². The van der Waals surface area contributed by atoms with Crippen molar-refractivity contribution >= 4 is 5.69 Å². The largest absolute Gasteiger partial charge is 0.398 e. The first-order chi connectivity index (χ1) is 8.83. The van der Waals surface area contributed by atoms with E-state index in [0.29, 0.717) is 12.1 Å². The van der Waals surface area contributed by atoms with Gasteiger partial charge in [-0.1, -0.05) is 12.1 Å². The molecule has 3 nitrogen and oxygen atoms in total. The van der Waals surface area contributed by atoms with Crippen LogP contribution in [0.3, 0.4) is 0 Å². The van der Waals surface area contributed by atoms with Crippen LogP contribution >= 0.6 is 0 Å². The zero-order valence-electron chi connectivity index (χ0n) is 10.6. The van der Waals surface area contributed by atoms with Gasteiger partial charge in [-0.05, 0) is 42.4 Å². The van der Waals surface area contributed by atoms with Gasteiger partial charge in [-0.2, -0.15) is 0 Å². The lowest BCUT2D eigenvalue weighted by atomic mass is 10.0. The van der Waals surface area contributed by atoms with Crippen molar-refractivity contribution in [1.29, 1.82) is 0 Å². The highest BCUT2D eigenvalue weighted by atomic mass is 16.5. The molecule has 1 aliphatic carbocycles. The van der Waals surface area contributed by atoms with Crippen LogP contribution in [0.15, 0.2) is 18.2 Å². The molecule has 3 heteroatoms. The van der Waals surface area contributed by atoms with Crippen LogP contribution in [0.4, 0.5) is 5.69 Å². The van der Waals surface area contributed by atoms with Crippen molar-refractivity contribution in [2.24, 2.45) is 5.92 Å². The van der Waals surface area contributed by atoms with Crippen LogP contribution in [0.25, 0.3) is 0 Å². The fraction of sp³-hybridized carbons (Fsp3) is 0.600. The minimum Gasteiger partial charge on any atom is -0.398 e. The second-order valence-corrected chi connectivity index (χ2v) is 5.92. The number of fused-ring (bicyclic) bond motifs is 1. The van der Waals surface area contributed by atoms with Crippen LogP contribution in [0.1, 0.15) is 30.4 Å². The highest BCUT2D eigenvalue weighted by Crippen LogP contribution is 2.42. The van der Waals surface area contributed by atoms with E-state index in [1.54, 1.807) is 0 Å². The van der Waals surface area contributed by atoms with Crippen molar-refractivity contribution < 1.29 is 4.74 Å². The maximum absolute atomic E-state index is 6.08. The lowest BCUT2D eigenvalue weighted by molar-refractivity contribution is 0.0444. The molecule has 96 valence electrons. The Morgan fingerprint density at radius 2 is 2.06 bits per heavy atom. The minimum atomic E-state index is 0.487. The second kappa shape index (κ2) is 3.97. The van der Waals surface area contributed by atoms with E-state index in [4.69, 9.17) is 10.5 Å². The number of nitrogen functional groups attached to an aromatic ring is 1. The van der Waals surface area contributed by atoms with Crippen molar-refractivity contribution in [1.82, 2.24) is 4.90 Å². The molecule has 0 spiro atoms. The fourth-order valence-electron chi connectivity index (χ4n) is 3.57. The van der Waals surface area contributed by atoms with Gasteiger partial charge in [0, 0.05) is 31.4 Å². The van der Waals surface area contributed by atoms with E-state index >= 15 is 0 Å². The molecule has 0 amide bonds. The molecule has 0 aromatic heterocycles. The smallest absolute Gasteiger partial charge is 0.0759 e. The third-order valence-corrected chi connectivity index (χ3v) is 4.70. The summed E-state index contributed by atoms with van der Waals surface area (Å²) in [5.74, 6) is 0.832. The van der Waals surface area contributed by atoms with E-state index in [0.717, 1.165) is 31.3 Å². The average Bonchev–Trinajstić information content (AvgIpc) is 2.92. The van der Waals surface area contributed by atoms with Crippen molar-refractivity contribution in [2.45, 2.75) is 44.5 Å². The topological polar surface area (TPSA) is 38.5 Å². The third-order valence-electron chi connectivity index (χ3n) is 4.70. The zero-order chi connectivity index (χ0) is 12.1. The Morgan fingerprint density at radius 3 is 2.83 bits per heavy atom. The summed E-state index contributed by atoms with van der Waals surface area (Å²) in [5.41, 5.74) is 9.80. The van der Waals surface area contributed by atoms with Gasteiger partial charge in [0.25, 0.3) is 0 Å². The first kappa shape index (κ1) is 10.8. The van der Waals surface area contributed by atoms with Gasteiger partial charge in [-0.3, -0.25) is 4.90 Å². The summed E-state index contributed by atoms with van der Waals surface area (Å²) < 4.78 is 5.96. The molecule has 1 aromatic rings. The SMILES string of the molecule is Nc1cccc2c1CN(C1CCOC1C1CC1)C2. The zero-order valence-corrected chi connectivity index (χ0v) is 10.6. The Balaban J connectivity index is 1.56. The number of hydrogen-bond acceptors (Lipinski definition) is 3. The predicted octanol–water partition coefficient (Wildman–Crippen LogP) is 2.15. The molecule has 2 fully saturated rings. The molecule has 3 aliphatic rings. The van der Waals surface area contributed by atoms with Crippen LogP contribution in [-0.4, -0.2) is 23.7 Å². The molecule has 1 aromatic carbocycles. The summed E-state index contributed by atoms with van der Waals surface area (Å²) in [5, 5.41) is 0. The van der Waals surface area contributed by atoms with Gasteiger partial charge < -0.3 is 10.5 Å². The van der Waals surface area contributed by atoms with E-state index in [9.17, 15) is 0 Å². The highest BCUT2D eigenvalue weighted by molar-refractivity contribution is 5.52. The van der Waals surface area contributed by atoms with Gasteiger partial charge in [-0.15, -0.1) is 0 Å². The Morgan fingerprint density at radius 1 is 1.17 bits per heavy atom. The molecule has 0 bridgehead atoms. The normalized spacial score (nSPS) is 31.8. The summed E-state index contributed by atoms with van der Waals surface area (Å²) in [7, 11) is 0. The lowest BCUT2D eigenvalue weighted by Crippen LogP contribution is -2.38. The molecule has 1 saturated heterocycles. The van der Waals surface area contributed by atoms with Gasteiger partial charge in [0.2, 0.25) is 0 Å². The average molecular weight is 244 g/mol. The van der Waals surface area contributed by atoms with Gasteiger partial charge in [0.05, 0.1) is 6.10 Å². The maximum Gasteiger partial charge on any atom is 0.0759 e. The van der Waals surface area contributed by atoms with Crippen LogP contribution in [0.5, 0.6) is 0 Å². The number of nitrogens with zero attached hydrogens (tertiary/aromatic N) is 1. The molecule has 18 heavy (non-hydrogen) atoms. The van der Waals surface area contributed by atoms with Crippen LogP contribution in [0, 0.1) is 5.92 Å². The molecule has 2 unspecified atom stereocenters. The Labute approximate surface area is 108 Å². The standard InChI is InChI=1S/C15H20N2O/c16-13-3-1-2-11-8-17(9-12(11)13)14-6-7-18-15(14)10-4-5-10/h1-3,10,14-15H,4-9,16H2. The van der Waals surface area contributed by atoms with Gasteiger partial charge in [-0.25, -0.2) is 0 Å². The number of hydrogen-bond donors (Lipinski definition) is 1. The summed E-state index contributed by atoms with van der Waals surface area (Å²) in [6, 6.07) is 6.92. The maximum atomic E-state index is 6.08. The lowest BCUT2D eigenvalue weighted by Gasteiger charge is -2.27. The van der Waals surface area contributed by atoms with Crippen LogP contribution in [-0.2, 0) is 17.8 Å². The molecule has 1 saturated carbocycles. The van der Waals surface area contributed by atoms with Crippen molar-refractivity contribution in [3.8, 4) is 0 Å². The van der Waals surface area contributed by atoms with Crippen LogP contribution in [0.2, 0.25) is 0 Å². The summed E-state index contributed by atoms with van der Waals surface area (Å²) in [6.07, 6.45) is 4.41. The van der Waals surface area contributed by atoms with E-state index in [1.807, 2.05) is 6.07 Å². The summed E-state index contributed by atoms with van der Waals surface area (Å²) >= 11 is 0. The summed E-state index contributed by atoms with van der Waals surface area (Å²) in [4.78, 5) is 2.58. The van der Waals surface area contributed by atoms with Crippen LogP contribution < -0.4 is 5.73 Å². The Bertz CT molecular complexity index is 470. The number of benzene rings is 1. The van der Waals surface area contributed by atoms with Crippen molar-refractivity contribution in [3.05, 3.63) is 29.3 Å². The Hall–Kier alpha value is -1.06. The number of rotatable bonds is 2. The fourth-order valence-corrected chi connectivity index (χ4v) is 3.57. The number of anilines is 1. The molecule has 2 atom stereocenters. The van der Waals surface area contributed by atoms with E-state index in [-0.39, 0.29) is 0 Å². The van der Waals surface area contributed by atoms with Gasteiger partial charge in [0.1, 0.15) is 0 Å².